The van der Waals surface area contributed by atoms with Gasteiger partial charge in [0.1, 0.15) is 0 Å². The molecule has 1 rings (SSSR count). The standard InChI is InChI=1S/C15H26N2O/c1-11-6-13(3)14(7-12(11)2)8-16-9-15(18)10-17(4)5/h6-7,15-16,18H,8-10H2,1-5H3. The van der Waals surface area contributed by atoms with E-state index in [4.69, 9.17) is 0 Å². The van der Waals surface area contributed by atoms with E-state index in [0.717, 1.165) is 6.54 Å². The Kier molecular flexibility index (Phi) is 5.79. The quantitative estimate of drug-likeness (QED) is 0.805. The molecule has 1 aromatic carbocycles. The highest BCUT2D eigenvalue weighted by Gasteiger charge is 2.06. The van der Waals surface area contributed by atoms with Gasteiger partial charge in [0, 0.05) is 19.6 Å². The van der Waals surface area contributed by atoms with Gasteiger partial charge in [0.05, 0.1) is 6.10 Å². The minimum absolute atomic E-state index is 0.313. The Hall–Kier alpha value is -0.900. The molecule has 18 heavy (non-hydrogen) atoms. The van der Waals surface area contributed by atoms with E-state index in [2.05, 4.69) is 38.2 Å². The summed E-state index contributed by atoms with van der Waals surface area (Å²) >= 11 is 0. The van der Waals surface area contributed by atoms with Gasteiger partial charge >= 0.3 is 0 Å². The molecule has 0 heterocycles. The van der Waals surface area contributed by atoms with Crippen LogP contribution in [0.15, 0.2) is 12.1 Å². The molecule has 1 aromatic rings. The number of aryl methyl sites for hydroxylation is 3. The molecule has 0 spiro atoms. The Balaban J connectivity index is 2.47. The molecule has 0 aliphatic rings. The zero-order valence-electron chi connectivity index (χ0n) is 12.2. The van der Waals surface area contributed by atoms with Crippen LogP contribution < -0.4 is 5.32 Å². The number of likely N-dealkylation sites (N-methyl/N-ethyl adjacent to an activating group) is 1. The molecule has 1 atom stereocenters. The van der Waals surface area contributed by atoms with E-state index in [1.165, 1.54) is 22.3 Å². The molecule has 0 aromatic heterocycles. The maximum atomic E-state index is 9.76. The normalized spacial score (nSPS) is 13.1. The molecule has 0 aliphatic carbocycles. The van der Waals surface area contributed by atoms with Crippen molar-refractivity contribution in [3.05, 3.63) is 34.4 Å². The highest BCUT2D eigenvalue weighted by atomic mass is 16.3. The van der Waals surface area contributed by atoms with Gasteiger partial charge in [0.2, 0.25) is 0 Å². The van der Waals surface area contributed by atoms with E-state index in [1.54, 1.807) is 0 Å². The number of aliphatic hydroxyl groups is 1. The second kappa shape index (κ2) is 6.88. The molecule has 0 bridgehead atoms. The number of aliphatic hydroxyl groups excluding tert-OH is 1. The fraction of sp³-hybridized carbons (Fsp3) is 0.600. The fourth-order valence-corrected chi connectivity index (χ4v) is 2.07. The summed E-state index contributed by atoms with van der Waals surface area (Å²) in [4.78, 5) is 1.99. The van der Waals surface area contributed by atoms with Gasteiger partial charge in [-0.25, -0.2) is 0 Å². The average Bonchev–Trinajstić information content (AvgIpc) is 2.24. The first-order chi connectivity index (χ1) is 8.40. The molecule has 0 fully saturated rings. The van der Waals surface area contributed by atoms with Crippen LogP contribution in [0.1, 0.15) is 22.3 Å². The zero-order valence-corrected chi connectivity index (χ0v) is 12.2. The first kappa shape index (κ1) is 15.2. The van der Waals surface area contributed by atoms with Crippen LogP contribution >= 0.6 is 0 Å². The van der Waals surface area contributed by atoms with E-state index in [1.807, 2.05) is 19.0 Å². The topological polar surface area (TPSA) is 35.5 Å². The first-order valence-corrected chi connectivity index (χ1v) is 6.50. The maximum Gasteiger partial charge on any atom is 0.0791 e. The van der Waals surface area contributed by atoms with Crippen molar-refractivity contribution in [2.24, 2.45) is 0 Å². The van der Waals surface area contributed by atoms with Gasteiger partial charge in [-0.15, -0.1) is 0 Å². The molecule has 0 amide bonds. The van der Waals surface area contributed by atoms with Crippen LogP contribution in [0.4, 0.5) is 0 Å². The Morgan fingerprint density at radius 2 is 1.72 bits per heavy atom. The van der Waals surface area contributed by atoms with Crippen LogP contribution in [0, 0.1) is 20.8 Å². The molecule has 3 nitrogen and oxygen atoms in total. The third-order valence-corrected chi connectivity index (χ3v) is 3.22. The molecule has 102 valence electrons. The summed E-state index contributed by atoms with van der Waals surface area (Å²) < 4.78 is 0. The third kappa shape index (κ3) is 4.77. The molecule has 3 heteroatoms. The lowest BCUT2D eigenvalue weighted by molar-refractivity contribution is 0.134. The lowest BCUT2D eigenvalue weighted by Gasteiger charge is -2.17. The summed E-state index contributed by atoms with van der Waals surface area (Å²) in [6.07, 6.45) is -0.313. The van der Waals surface area contributed by atoms with Gasteiger partial charge in [0.25, 0.3) is 0 Å². The predicted molar refractivity (Wildman–Crippen MR) is 76.9 cm³/mol. The second-order valence-electron chi connectivity index (χ2n) is 5.41. The fourth-order valence-electron chi connectivity index (χ4n) is 2.07. The number of rotatable bonds is 6. The van der Waals surface area contributed by atoms with Gasteiger partial charge in [-0.1, -0.05) is 12.1 Å². The lowest BCUT2D eigenvalue weighted by atomic mass is 10.0. The van der Waals surface area contributed by atoms with Gasteiger partial charge in [-0.05, 0) is 57.1 Å². The summed E-state index contributed by atoms with van der Waals surface area (Å²) in [5.41, 5.74) is 5.29. The summed E-state index contributed by atoms with van der Waals surface area (Å²) in [6, 6.07) is 4.46. The Morgan fingerprint density at radius 1 is 1.11 bits per heavy atom. The van der Waals surface area contributed by atoms with E-state index in [-0.39, 0.29) is 6.10 Å². The van der Waals surface area contributed by atoms with Crippen molar-refractivity contribution in [2.75, 3.05) is 27.2 Å². The van der Waals surface area contributed by atoms with E-state index in [0.29, 0.717) is 13.1 Å². The van der Waals surface area contributed by atoms with Crippen LogP contribution in [0.25, 0.3) is 0 Å². The van der Waals surface area contributed by atoms with Gasteiger partial charge in [-0.3, -0.25) is 0 Å². The van der Waals surface area contributed by atoms with Crippen LogP contribution in [0.2, 0.25) is 0 Å². The summed E-state index contributed by atoms with van der Waals surface area (Å²) in [7, 11) is 3.94. The van der Waals surface area contributed by atoms with Crippen molar-refractivity contribution in [3.63, 3.8) is 0 Å². The summed E-state index contributed by atoms with van der Waals surface area (Å²) in [6.45, 7) is 8.56. The third-order valence-electron chi connectivity index (χ3n) is 3.22. The second-order valence-corrected chi connectivity index (χ2v) is 5.41. The lowest BCUT2D eigenvalue weighted by Crippen LogP contribution is -2.34. The van der Waals surface area contributed by atoms with Crippen LogP contribution in [0.5, 0.6) is 0 Å². The monoisotopic (exact) mass is 250 g/mol. The van der Waals surface area contributed by atoms with Gasteiger partial charge in [-0.2, -0.15) is 0 Å². The Bertz CT molecular complexity index is 388. The minimum Gasteiger partial charge on any atom is -0.390 e. The Labute approximate surface area is 111 Å². The average molecular weight is 250 g/mol. The molecule has 2 N–H and O–H groups in total. The molecular formula is C15H26N2O. The van der Waals surface area contributed by atoms with Crippen molar-refractivity contribution < 1.29 is 5.11 Å². The molecule has 0 radical (unpaired) electrons. The number of nitrogens with one attached hydrogen (secondary N) is 1. The molecule has 0 saturated heterocycles. The predicted octanol–water partition coefficient (Wildman–Crippen LogP) is 1.62. The van der Waals surface area contributed by atoms with Crippen molar-refractivity contribution in [1.29, 1.82) is 0 Å². The zero-order chi connectivity index (χ0) is 13.7. The molecule has 0 saturated carbocycles. The van der Waals surface area contributed by atoms with E-state index < -0.39 is 0 Å². The highest BCUT2D eigenvalue weighted by molar-refractivity contribution is 5.36. The summed E-state index contributed by atoms with van der Waals surface area (Å²) in [5.74, 6) is 0. The largest absolute Gasteiger partial charge is 0.390 e. The van der Waals surface area contributed by atoms with Gasteiger partial charge < -0.3 is 15.3 Å². The number of benzene rings is 1. The molecular weight excluding hydrogens is 224 g/mol. The van der Waals surface area contributed by atoms with E-state index >= 15 is 0 Å². The van der Waals surface area contributed by atoms with Crippen molar-refractivity contribution in [3.8, 4) is 0 Å². The Morgan fingerprint density at radius 3 is 2.33 bits per heavy atom. The number of hydrogen-bond acceptors (Lipinski definition) is 3. The summed E-state index contributed by atoms with van der Waals surface area (Å²) in [5, 5.41) is 13.1. The first-order valence-electron chi connectivity index (χ1n) is 6.50. The highest BCUT2D eigenvalue weighted by Crippen LogP contribution is 2.14. The number of hydrogen-bond donors (Lipinski definition) is 2. The number of nitrogens with zero attached hydrogens (tertiary/aromatic N) is 1. The molecule has 0 aliphatic heterocycles. The van der Waals surface area contributed by atoms with Crippen LogP contribution in [-0.4, -0.2) is 43.3 Å². The maximum absolute atomic E-state index is 9.76. The minimum atomic E-state index is -0.313. The van der Waals surface area contributed by atoms with Crippen molar-refractivity contribution in [1.82, 2.24) is 10.2 Å². The van der Waals surface area contributed by atoms with Gasteiger partial charge in [0.15, 0.2) is 0 Å². The smallest absolute Gasteiger partial charge is 0.0791 e. The molecule has 1 unspecified atom stereocenters. The van der Waals surface area contributed by atoms with E-state index in [9.17, 15) is 5.11 Å². The van der Waals surface area contributed by atoms with Crippen LogP contribution in [-0.2, 0) is 6.54 Å². The van der Waals surface area contributed by atoms with Crippen LogP contribution in [0.3, 0.4) is 0 Å². The van der Waals surface area contributed by atoms with Crippen molar-refractivity contribution in [2.45, 2.75) is 33.4 Å². The SMILES string of the molecule is Cc1cc(C)c(CNCC(O)CN(C)C)cc1C. The van der Waals surface area contributed by atoms with Crippen molar-refractivity contribution >= 4 is 0 Å².